The fraction of sp³-hybridized carbons (Fsp3) is 0.500. The van der Waals surface area contributed by atoms with Crippen molar-refractivity contribution in [1.29, 1.82) is 0 Å². The molecule has 16 heavy (non-hydrogen) atoms. The van der Waals surface area contributed by atoms with Gasteiger partial charge in [0.25, 0.3) is 0 Å². The minimum absolute atomic E-state index is 0.0243. The molecule has 0 aliphatic carbocycles. The van der Waals surface area contributed by atoms with Gasteiger partial charge < -0.3 is 4.74 Å². The number of methoxy groups -OCH3 is 1. The number of hydrogen-bond donors (Lipinski definition) is 2. The number of nitrogens with one attached hydrogen (secondary N) is 1. The minimum atomic E-state index is 0.0243. The number of hydrazine groups is 1. The maximum absolute atomic E-state index is 5.54. The van der Waals surface area contributed by atoms with Gasteiger partial charge in [0.15, 0.2) is 0 Å². The molecule has 0 saturated carbocycles. The van der Waals surface area contributed by atoms with E-state index in [9.17, 15) is 0 Å². The molecule has 0 fully saturated rings. The predicted octanol–water partition coefficient (Wildman–Crippen LogP) is 1.28. The maximum atomic E-state index is 5.54. The summed E-state index contributed by atoms with van der Waals surface area (Å²) in [5.41, 5.74) is 5.13. The highest BCUT2D eigenvalue weighted by molar-refractivity contribution is 5.38. The fourth-order valence-corrected chi connectivity index (χ4v) is 1.79. The van der Waals surface area contributed by atoms with E-state index >= 15 is 0 Å². The van der Waals surface area contributed by atoms with Crippen LogP contribution in [0.5, 0.6) is 5.75 Å². The van der Waals surface area contributed by atoms with Crippen molar-refractivity contribution in [3.63, 3.8) is 0 Å². The van der Waals surface area contributed by atoms with Gasteiger partial charge in [0.05, 0.1) is 13.3 Å². The Morgan fingerprint density at radius 3 is 2.56 bits per heavy atom. The smallest absolute Gasteiger partial charge is 0.122 e. The van der Waals surface area contributed by atoms with E-state index in [1.165, 1.54) is 5.56 Å². The molecule has 0 saturated heterocycles. The number of benzene rings is 1. The molecule has 3 N–H and O–H groups in total. The third-order valence-electron chi connectivity index (χ3n) is 2.68. The second-order valence-corrected chi connectivity index (χ2v) is 3.96. The average molecular weight is 223 g/mol. The Bertz CT molecular complexity index is 339. The Balaban J connectivity index is 3.06. The van der Waals surface area contributed by atoms with Crippen LogP contribution in [0.4, 0.5) is 0 Å². The summed E-state index contributed by atoms with van der Waals surface area (Å²) >= 11 is 0. The van der Waals surface area contributed by atoms with E-state index in [1.807, 2.05) is 31.1 Å². The van der Waals surface area contributed by atoms with Gasteiger partial charge in [0, 0.05) is 0 Å². The van der Waals surface area contributed by atoms with E-state index in [0.29, 0.717) is 0 Å². The Hall–Kier alpha value is -1.10. The van der Waals surface area contributed by atoms with E-state index in [2.05, 4.69) is 18.4 Å². The van der Waals surface area contributed by atoms with E-state index in [-0.39, 0.29) is 6.17 Å². The van der Waals surface area contributed by atoms with Crippen LogP contribution < -0.4 is 16.0 Å². The molecule has 4 nitrogen and oxygen atoms in total. The molecule has 1 aromatic rings. The van der Waals surface area contributed by atoms with Crippen molar-refractivity contribution in [3.05, 3.63) is 29.3 Å². The van der Waals surface area contributed by atoms with Crippen LogP contribution in [0.2, 0.25) is 0 Å². The highest BCUT2D eigenvalue weighted by Crippen LogP contribution is 2.24. The van der Waals surface area contributed by atoms with Crippen molar-refractivity contribution < 1.29 is 4.74 Å². The van der Waals surface area contributed by atoms with Gasteiger partial charge in [-0.1, -0.05) is 13.0 Å². The van der Waals surface area contributed by atoms with Crippen molar-refractivity contribution in [1.82, 2.24) is 10.3 Å². The largest absolute Gasteiger partial charge is 0.496 e. The predicted molar refractivity (Wildman–Crippen MR) is 66.1 cm³/mol. The molecule has 0 aliphatic heterocycles. The van der Waals surface area contributed by atoms with Gasteiger partial charge >= 0.3 is 0 Å². The standard InChI is InChI=1S/C12H21N3O/c1-5-9-8-10(6-7-11(9)16-4)12(14-13)15(2)3/h6-8,12,14H,5,13H2,1-4H3. The molecule has 0 aromatic heterocycles. The average Bonchev–Trinajstić information content (AvgIpc) is 2.29. The van der Waals surface area contributed by atoms with Crippen molar-refractivity contribution in [3.8, 4) is 5.75 Å². The monoisotopic (exact) mass is 223 g/mol. The molecule has 0 aliphatic rings. The molecule has 1 aromatic carbocycles. The van der Waals surface area contributed by atoms with Gasteiger partial charge in [-0.15, -0.1) is 0 Å². The quantitative estimate of drug-likeness (QED) is 0.448. The highest BCUT2D eigenvalue weighted by atomic mass is 16.5. The van der Waals surface area contributed by atoms with E-state index in [0.717, 1.165) is 17.7 Å². The second-order valence-electron chi connectivity index (χ2n) is 3.96. The van der Waals surface area contributed by atoms with E-state index in [1.54, 1.807) is 7.11 Å². The van der Waals surface area contributed by atoms with Gasteiger partial charge in [-0.3, -0.25) is 10.7 Å². The van der Waals surface area contributed by atoms with Crippen molar-refractivity contribution in [2.75, 3.05) is 21.2 Å². The first kappa shape index (κ1) is 13.0. The lowest BCUT2D eigenvalue weighted by Crippen LogP contribution is -2.37. The van der Waals surface area contributed by atoms with Gasteiger partial charge in [-0.05, 0) is 43.8 Å². The van der Waals surface area contributed by atoms with Crippen LogP contribution in [0.3, 0.4) is 0 Å². The third kappa shape index (κ3) is 2.72. The molecule has 1 atom stereocenters. The van der Waals surface area contributed by atoms with Crippen molar-refractivity contribution in [2.45, 2.75) is 19.5 Å². The molecule has 1 unspecified atom stereocenters. The number of ether oxygens (including phenoxy) is 1. The molecule has 90 valence electrons. The molecule has 1 rings (SSSR count). The summed E-state index contributed by atoms with van der Waals surface area (Å²) in [5.74, 6) is 6.48. The molecule has 0 spiro atoms. The number of aryl methyl sites for hydroxylation is 1. The fourth-order valence-electron chi connectivity index (χ4n) is 1.79. The molecule has 0 amide bonds. The van der Waals surface area contributed by atoms with Gasteiger partial charge in [0.1, 0.15) is 5.75 Å². The first-order valence-corrected chi connectivity index (χ1v) is 5.43. The Labute approximate surface area is 97.4 Å². The summed E-state index contributed by atoms with van der Waals surface area (Å²) in [7, 11) is 5.67. The molecule has 0 bridgehead atoms. The lowest BCUT2D eigenvalue weighted by molar-refractivity contribution is 0.252. The SMILES string of the molecule is CCc1cc(C(NN)N(C)C)ccc1OC. The van der Waals surface area contributed by atoms with Gasteiger partial charge in [0.2, 0.25) is 0 Å². The second kappa shape index (κ2) is 5.84. The number of nitrogens with two attached hydrogens (primary N) is 1. The lowest BCUT2D eigenvalue weighted by atomic mass is 10.1. The number of hydrogen-bond acceptors (Lipinski definition) is 4. The first-order valence-electron chi connectivity index (χ1n) is 5.43. The molecule has 0 radical (unpaired) electrons. The van der Waals surface area contributed by atoms with Crippen LogP contribution in [-0.4, -0.2) is 26.1 Å². The molecular weight excluding hydrogens is 202 g/mol. The zero-order chi connectivity index (χ0) is 12.1. The molecule has 0 heterocycles. The number of rotatable bonds is 5. The Kier molecular flexibility index (Phi) is 4.73. The summed E-state index contributed by atoms with van der Waals surface area (Å²) in [6, 6.07) is 6.15. The topological polar surface area (TPSA) is 50.5 Å². The molecular formula is C12H21N3O. The third-order valence-corrected chi connectivity index (χ3v) is 2.68. The zero-order valence-electron chi connectivity index (χ0n) is 10.4. The van der Waals surface area contributed by atoms with Crippen molar-refractivity contribution >= 4 is 0 Å². The lowest BCUT2D eigenvalue weighted by Gasteiger charge is -2.24. The maximum Gasteiger partial charge on any atom is 0.122 e. The van der Waals surface area contributed by atoms with Crippen LogP contribution in [0, 0.1) is 0 Å². The zero-order valence-corrected chi connectivity index (χ0v) is 10.4. The summed E-state index contributed by atoms with van der Waals surface area (Å²) in [5, 5.41) is 0. The van der Waals surface area contributed by atoms with Gasteiger partial charge in [-0.25, -0.2) is 5.43 Å². The summed E-state index contributed by atoms with van der Waals surface area (Å²) < 4.78 is 5.30. The van der Waals surface area contributed by atoms with Crippen LogP contribution in [-0.2, 0) is 6.42 Å². The normalized spacial score (nSPS) is 12.9. The van der Waals surface area contributed by atoms with Crippen LogP contribution in [0.1, 0.15) is 24.2 Å². The Morgan fingerprint density at radius 1 is 1.44 bits per heavy atom. The van der Waals surface area contributed by atoms with Crippen molar-refractivity contribution in [2.24, 2.45) is 5.84 Å². The van der Waals surface area contributed by atoms with Crippen LogP contribution in [0.25, 0.3) is 0 Å². The summed E-state index contributed by atoms with van der Waals surface area (Å²) in [4.78, 5) is 2.03. The minimum Gasteiger partial charge on any atom is -0.496 e. The van der Waals surface area contributed by atoms with Gasteiger partial charge in [-0.2, -0.15) is 0 Å². The highest BCUT2D eigenvalue weighted by Gasteiger charge is 2.13. The number of nitrogens with zero attached hydrogens (tertiary/aromatic N) is 1. The molecule has 4 heteroatoms. The van der Waals surface area contributed by atoms with Crippen LogP contribution >= 0.6 is 0 Å². The van der Waals surface area contributed by atoms with Crippen LogP contribution in [0.15, 0.2) is 18.2 Å². The summed E-state index contributed by atoms with van der Waals surface area (Å²) in [6.07, 6.45) is 0.970. The Morgan fingerprint density at radius 2 is 2.12 bits per heavy atom. The summed E-state index contributed by atoms with van der Waals surface area (Å²) in [6.45, 7) is 2.11. The first-order chi connectivity index (χ1) is 7.63. The van der Waals surface area contributed by atoms with E-state index < -0.39 is 0 Å². The van der Waals surface area contributed by atoms with E-state index in [4.69, 9.17) is 10.6 Å².